The number of allylic oxidation sites excluding steroid dienone is 1. The van der Waals surface area contributed by atoms with Gasteiger partial charge in [-0.15, -0.1) is 6.58 Å². The molecular formula is C8H18O. The first kappa shape index (κ1) is 11.5. The zero-order valence-corrected chi connectivity index (χ0v) is 6.78. The zero-order valence-electron chi connectivity index (χ0n) is 6.78. The predicted octanol–water partition coefficient (Wildman–Crippen LogP) is 2.36. The minimum atomic E-state index is 0.285. The molecule has 0 aliphatic rings. The van der Waals surface area contributed by atoms with Crippen molar-refractivity contribution in [2.75, 3.05) is 6.61 Å². The van der Waals surface area contributed by atoms with Gasteiger partial charge in [-0.2, -0.15) is 0 Å². The Morgan fingerprint density at radius 3 is 2.00 bits per heavy atom. The SMILES string of the molecule is C=C(C)CCCO.CC. The van der Waals surface area contributed by atoms with Gasteiger partial charge in [0.05, 0.1) is 0 Å². The Labute approximate surface area is 58.4 Å². The lowest BCUT2D eigenvalue weighted by Crippen LogP contribution is -1.81. The summed E-state index contributed by atoms with van der Waals surface area (Å²) in [5, 5.41) is 8.27. The lowest BCUT2D eigenvalue weighted by atomic mass is 10.2. The summed E-state index contributed by atoms with van der Waals surface area (Å²) in [6.45, 7) is 9.93. The van der Waals surface area contributed by atoms with Crippen LogP contribution in [0.4, 0.5) is 0 Å². The Morgan fingerprint density at radius 1 is 1.44 bits per heavy atom. The van der Waals surface area contributed by atoms with Gasteiger partial charge in [-0.3, -0.25) is 0 Å². The van der Waals surface area contributed by atoms with Gasteiger partial charge in [0.1, 0.15) is 0 Å². The second-order valence-electron chi connectivity index (χ2n) is 1.78. The van der Waals surface area contributed by atoms with E-state index in [0.717, 1.165) is 18.4 Å². The molecule has 0 aromatic carbocycles. The van der Waals surface area contributed by atoms with Crippen LogP contribution in [0.15, 0.2) is 12.2 Å². The fraction of sp³-hybridized carbons (Fsp3) is 0.750. The van der Waals surface area contributed by atoms with E-state index in [1.54, 1.807) is 0 Å². The van der Waals surface area contributed by atoms with Gasteiger partial charge >= 0.3 is 0 Å². The molecule has 0 aromatic heterocycles. The van der Waals surface area contributed by atoms with Gasteiger partial charge in [-0.05, 0) is 19.8 Å². The molecule has 0 amide bonds. The van der Waals surface area contributed by atoms with Crippen LogP contribution in [0.5, 0.6) is 0 Å². The van der Waals surface area contributed by atoms with Crippen molar-refractivity contribution in [3.05, 3.63) is 12.2 Å². The molecule has 0 rings (SSSR count). The number of rotatable bonds is 3. The average molecular weight is 130 g/mol. The first-order valence-electron chi connectivity index (χ1n) is 3.52. The van der Waals surface area contributed by atoms with Crippen molar-refractivity contribution in [3.63, 3.8) is 0 Å². The van der Waals surface area contributed by atoms with Crippen LogP contribution >= 0.6 is 0 Å². The summed E-state index contributed by atoms with van der Waals surface area (Å²) in [4.78, 5) is 0. The molecule has 0 spiro atoms. The Bertz CT molecular complexity index is 57.6. The summed E-state index contributed by atoms with van der Waals surface area (Å²) >= 11 is 0. The van der Waals surface area contributed by atoms with Crippen molar-refractivity contribution in [1.82, 2.24) is 0 Å². The van der Waals surface area contributed by atoms with Gasteiger partial charge in [0, 0.05) is 6.61 Å². The highest BCUT2D eigenvalue weighted by Crippen LogP contribution is 1.97. The molecule has 0 saturated carbocycles. The standard InChI is InChI=1S/C6H12O.C2H6/c1-6(2)4-3-5-7;1-2/h7H,1,3-5H2,2H3;1-2H3. The predicted molar refractivity (Wildman–Crippen MR) is 42.5 cm³/mol. The van der Waals surface area contributed by atoms with Gasteiger partial charge in [0.2, 0.25) is 0 Å². The third-order valence-corrected chi connectivity index (χ3v) is 0.762. The first-order valence-corrected chi connectivity index (χ1v) is 3.52. The minimum absolute atomic E-state index is 0.285. The van der Waals surface area contributed by atoms with Gasteiger partial charge < -0.3 is 5.11 Å². The number of hydrogen-bond donors (Lipinski definition) is 1. The largest absolute Gasteiger partial charge is 0.396 e. The van der Waals surface area contributed by atoms with Crippen LogP contribution in [0.2, 0.25) is 0 Å². The number of aliphatic hydroxyl groups excluding tert-OH is 1. The van der Waals surface area contributed by atoms with Crippen molar-refractivity contribution in [2.45, 2.75) is 33.6 Å². The lowest BCUT2D eigenvalue weighted by Gasteiger charge is -1.91. The van der Waals surface area contributed by atoms with E-state index in [1.165, 1.54) is 0 Å². The van der Waals surface area contributed by atoms with Crippen LogP contribution in [0.1, 0.15) is 33.6 Å². The Morgan fingerprint density at radius 2 is 1.89 bits per heavy atom. The molecule has 9 heavy (non-hydrogen) atoms. The van der Waals surface area contributed by atoms with E-state index in [4.69, 9.17) is 5.11 Å². The number of aliphatic hydroxyl groups is 1. The average Bonchev–Trinajstić information content (AvgIpc) is 1.88. The van der Waals surface area contributed by atoms with E-state index in [-0.39, 0.29) is 6.61 Å². The van der Waals surface area contributed by atoms with Gasteiger partial charge in [0.25, 0.3) is 0 Å². The van der Waals surface area contributed by atoms with Crippen LogP contribution in [0, 0.1) is 0 Å². The van der Waals surface area contributed by atoms with Gasteiger partial charge in [0.15, 0.2) is 0 Å². The van der Waals surface area contributed by atoms with Gasteiger partial charge in [-0.1, -0.05) is 19.4 Å². The van der Waals surface area contributed by atoms with Crippen LogP contribution in [-0.4, -0.2) is 11.7 Å². The summed E-state index contributed by atoms with van der Waals surface area (Å²) in [7, 11) is 0. The molecule has 0 heterocycles. The fourth-order valence-electron chi connectivity index (χ4n) is 0.381. The molecule has 56 valence electrons. The second-order valence-corrected chi connectivity index (χ2v) is 1.78. The summed E-state index contributed by atoms with van der Waals surface area (Å²) < 4.78 is 0. The molecule has 0 atom stereocenters. The van der Waals surface area contributed by atoms with E-state index in [9.17, 15) is 0 Å². The maximum Gasteiger partial charge on any atom is 0.0434 e. The summed E-state index contributed by atoms with van der Waals surface area (Å²) in [5.41, 5.74) is 1.15. The van der Waals surface area contributed by atoms with Crippen molar-refractivity contribution >= 4 is 0 Å². The smallest absolute Gasteiger partial charge is 0.0434 e. The van der Waals surface area contributed by atoms with Crippen LogP contribution in [0.3, 0.4) is 0 Å². The highest BCUT2D eigenvalue weighted by Gasteiger charge is 1.82. The molecule has 1 N–H and O–H groups in total. The molecule has 0 radical (unpaired) electrons. The van der Waals surface area contributed by atoms with E-state index >= 15 is 0 Å². The lowest BCUT2D eigenvalue weighted by molar-refractivity contribution is 0.288. The van der Waals surface area contributed by atoms with Crippen molar-refractivity contribution < 1.29 is 5.11 Å². The number of hydrogen-bond acceptors (Lipinski definition) is 1. The first-order chi connectivity index (χ1) is 4.27. The fourth-order valence-corrected chi connectivity index (χ4v) is 0.381. The third kappa shape index (κ3) is 18.3. The molecule has 0 saturated heterocycles. The maximum absolute atomic E-state index is 8.27. The molecule has 0 aliphatic heterocycles. The normalized spacial score (nSPS) is 7.56. The van der Waals surface area contributed by atoms with E-state index < -0.39 is 0 Å². The quantitative estimate of drug-likeness (QED) is 0.581. The Kier molecular flexibility index (Phi) is 13.6. The highest BCUT2D eigenvalue weighted by atomic mass is 16.2. The van der Waals surface area contributed by atoms with Crippen molar-refractivity contribution in [2.24, 2.45) is 0 Å². The maximum atomic E-state index is 8.27. The minimum Gasteiger partial charge on any atom is -0.396 e. The third-order valence-electron chi connectivity index (χ3n) is 0.762. The monoisotopic (exact) mass is 130 g/mol. The van der Waals surface area contributed by atoms with Crippen LogP contribution in [0.25, 0.3) is 0 Å². The topological polar surface area (TPSA) is 20.2 Å². The summed E-state index contributed by atoms with van der Waals surface area (Å²) in [5.74, 6) is 0. The van der Waals surface area contributed by atoms with E-state index in [2.05, 4.69) is 6.58 Å². The summed E-state index contributed by atoms with van der Waals surface area (Å²) in [6, 6.07) is 0. The van der Waals surface area contributed by atoms with E-state index in [0.29, 0.717) is 0 Å². The molecular weight excluding hydrogens is 112 g/mol. The Hall–Kier alpha value is -0.300. The van der Waals surface area contributed by atoms with E-state index in [1.807, 2.05) is 20.8 Å². The molecule has 0 bridgehead atoms. The van der Waals surface area contributed by atoms with Crippen LogP contribution in [-0.2, 0) is 0 Å². The second kappa shape index (κ2) is 10.6. The molecule has 1 heteroatoms. The molecule has 0 fully saturated rings. The van der Waals surface area contributed by atoms with Crippen LogP contribution < -0.4 is 0 Å². The zero-order chi connectivity index (χ0) is 7.70. The molecule has 0 aromatic rings. The highest BCUT2D eigenvalue weighted by molar-refractivity contribution is 4.86. The molecule has 1 nitrogen and oxygen atoms in total. The molecule has 0 unspecified atom stereocenters. The summed E-state index contributed by atoms with van der Waals surface area (Å²) in [6.07, 6.45) is 1.81. The van der Waals surface area contributed by atoms with Gasteiger partial charge in [-0.25, -0.2) is 0 Å². The van der Waals surface area contributed by atoms with Crippen molar-refractivity contribution in [3.8, 4) is 0 Å². The van der Waals surface area contributed by atoms with Crippen molar-refractivity contribution in [1.29, 1.82) is 0 Å². The molecule has 0 aliphatic carbocycles. The Balaban J connectivity index is 0.